The average Bonchev–Trinajstić information content (AvgIpc) is 3.22. The Labute approximate surface area is 232 Å². The molecule has 1 amide bonds. The number of amides is 1. The van der Waals surface area contributed by atoms with E-state index in [0.717, 1.165) is 22.3 Å². The van der Waals surface area contributed by atoms with Crippen molar-refractivity contribution in [2.75, 3.05) is 5.75 Å². The molecule has 39 heavy (non-hydrogen) atoms. The molecule has 0 bridgehead atoms. The van der Waals surface area contributed by atoms with Gasteiger partial charge in [0.2, 0.25) is 5.91 Å². The summed E-state index contributed by atoms with van der Waals surface area (Å²) in [6, 6.07) is 23.6. The Morgan fingerprint density at radius 3 is 2.28 bits per heavy atom. The third kappa shape index (κ3) is 7.35. The van der Waals surface area contributed by atoms with Gasteiger partial charge >= 0.3 is 0 Å². The van der Waals surface area contributed by atoms with Gasteiger partial charge in [0, 0.05) is 12.3 Å². The van der Waals surface area contributed by atoms with Crippen LogP contribution in [0.4, 0.5) is 0 Å². The summed E-state index contributed by atoms with van der Waals surface area (Å²) in [4.78, 5) is 13.7. The first-order chi connectivity index (χ1) is 18.4. The summed E-state index contributed by atoms with van der Waals surface area (Å²) in [5, 5.41) is 24.5. The average molecular weight is 550 g/mol. The lowest BCUT2D eigenvalue weighted by molar-refractivity contribution is -0.127. The highest BCUT2D eigenvalue weighted by molar-refractivity contribution is 7.91. The molecule has 0 aliphatic heterocycles. The van der Waals surface area contributed by atoms with Gasteiger partial charge in [0.1, 0.15) is 0 Å². The highest BCUT2D eigenvalue weighted by Crippen LogP contribution is 2.32. The minimum absolute atomic E-state index is 0.0246. The van der Waals surface area contributed by atoms with Crippen LogP contribution in [0.3, 0.4) is 0 Å². The molecule has 1 aliphatic carbocycles. The zero-order valence-electron chi connectivity index (χ0n) is 22.9. The molecule has 3 aromatic carbocycles. The summed E-state index contributed by atoms with van der Waals surface area (Å²) in [5.74, 6) is -1.06. The summed E-state index contributed by atoms with van der Waals surface area (Å²) < 4.78 is 25.9. The minimum atomic E-state index is -3.59. The van der Waals surface area contributed by atoms with E-state index >= 15 is 0 Å². The quantitative estimate of drug-likeness (QED) is 0.345. The van der Waals surface area contributed by atoms with E-state index in [1.54, 1.807) is 12.1 Å². The largest absolute Gasteiger partial charge is 0.393 e. The van der Waals surface area contributed by atoms with Gasteiger partial charge < -0.3 is 15.5 Å². The van der Waals surface area contributed by atoms with Gasteiger partial charge in [-0.25, -0.2) is 8.42 Å². The van der Waals surface area contributed by atoms with E-state index in [2.05, 4.69) is 26.1 Å². The van der Waals surface area contributed by atoms with E-state index in [0.29, 0.717) is 12.8 Å². The maximum Gasteiger partial charge on any atom is 0.224 e. The van der Waals surface area contributed by atoms with Crippen LogP contribution in [0.1, 0.15) is 61.9 Å². The molecule has 4 rings (SSSR count). The Morgan fingerprint density at radius 2 is 1.62 bits per heavy atom. The minimum Gasteiger partial charge on any atom is -0.393 e. The number of hydrogen-bond donors (Lipinski definition) is 3. The first-order valence-corrected chi connectivity index (χ1v) is 15.2. The fraction of sp³-hybridized carbons (Fsp3) is 0.406. The van der Waals surface area contributed by atoms with E-state index in [1.165, 1.54) is 0 Å². The number of carbonyl (C=O) groups is 1. The fourth-order valence-electron chi connectivity index (χ4n) is 5.22. The van der Waals surface area contributed by atoms with E-state index < -0.39 is 34.0 Å². The van der Waals surface area contributed by atoms with Gasteiger partial charge in [0.15, 0.2) is 9.84 Å². The Hall–Kier alpha value is -3.00. The number of benzene rings is 3. The van der Waals surface area contributed by atoms with Crippen LogP contribution in [-0.4, -0.2) is 42.5 Å². The lowest BCUT2D eigenvalue weighted by Crippen LogP contribution is -2.39. The van der Waals surface area contributed by atoms with Crippen LogP contribution in [0.25, 0.3) is 0 Å². The van der Waals surface area contributed by atoms with Crippen LogP contribution >= 0.6 is 0 Å². The molecule has 0 fully saturated rings. The third-order valence-electron chi connectivity index (χ3n) is 7.55. The smallest absolute Gasteiger partial charge is 0.224 e. The van der Waals surface area contributed by atoms with Gasteiger partial charge in [-0.15, -0.1) is 0 Å². The predicted molar refractivity (Wildman–Crippen MR) is 153 cm³/mol. The van der Waals surface area contributed by atoms with Crippen molar-refractivity contribution in [3.63, 3.8) is 0 Å². The van der Waals surface area contributed by atoms with Gasteiger partial charge in [-0.2, -0.15) is 0 Å². The number of sulfone groups is 1. The molecule has 1 aliphatic rings. The third-order valence-corrected chi connectivity index (χ3v) is 9.32. The molecule has 3 aromatic rings. The second-order valence-electron chi connectivity index (χ2n) is 11.6. The van der Waals surface area contributed by atoms with Crippen LogP contribution < -0.4 is 5.32 Å². The number of carbonyl (C=O) groups excluding carboxylic acids is 1. The summed E-state index contributed by atoms with van der Waals surface area (Å²) in [7, 11) is -3.59. The highest BCUT2D eigenvalue weighted by atomic mass is 32.2. The summed E-state index contributed by atoms with van der Waals surface area (Å²) in [5.41, 5.74) is 3.83. The van der Waals surface area contributed by atoms with E-state index in [4.69, 9.17) is 0 Å². The van der Waals surface area contributed by atoms with Crippen molar-refractivity contribution in [2.45, 2.75) is 75.0 Å². The summed E-state index contributed by atoms with van der Waals surface area (Å²) in [6.45, 7) is 6.21. The van der Waals surface area contributed by atoms with Crippen LogP contribution in [0, 0.1) is 5.92 Å². The zero-order chi connectivity index (χ0) is 28.2. The van der Waals surface area contributed by atoms with Gasteiger partial charge in [-0.05, 0) is 59.1 Å². The molecule has 0 radical (unpaired) electrons. The topological polar surface area (TPSA) is 104 Å². The van der Waals surface area contributed by atoms with Crippen LogP contribution in [0.2, 0.25) is 0 Å². The van der Waals surface area contributed by atoms with Gasteiger partial charge in [0.05, 0.1) is 28.9 Å². The molecule has 0 saturated carbocycles. The number of hydrogen-bond acceptors (Lipinski definition) is 5. The van der Waals surface area contributed by atoms with Crippen LogP contribution in [0.15, 0.2) is 83.8 Å². The molecular weight excluding hydrogens is 510 g/mol. The maximum atomic E-state index is 13.5. The second-order valence-corrected chi connectivity index (χ2v) is 13.7. The van der Waals surface area contributed by atoms with E-state index in [1.807, 2.05) is 66.7 Å². The maximum absolute atomic E-state index is 13.5. The zero-order valence-corrected chi connectivity index (χ0v) is 23.7. The second kappa shape index (κ2) is 12.0. The lowest BCUT2D eigenvalue weighted by atomic mass is 9.87. The monoisotopic (exact) mass is 549 g/mol. The van der Waals surface area contributed by atoms with Crippen molar-refractivity contribution < 1.29 is 23.4 Å². The number of nitrogens with one attached hydrogen (secondary N) is 1. The number of aliphatic hydroxyl groups is 2. The molecule has 3 N–H and O–H groups in total. The van der Waals surface area contributed by atoms with Crippen molar-refractivity contribution in [3.05, 3.63) is 101 Å². The van der Waals surface area contributed by atoms with Gasteiger partial charge in [-0.1, -0.05) is 87.5 Å². The van der Waals surface area contributed by atoms with Crippen molar-refractivity contribution in [1.29, 1.82) is 0 Å². The fourth-order valence-corrected chi connectivity index (χ4v) is 6.59. The summed E-state index contributed by atoms with van der Waals surface area (Å²) >= 11 is 0. The number of fused-ring (bicyclic) bond motifs is 1. The Bertz CT molecular complexity index is 1360. The molecule has 0 aromatic heterocycles. The molecule has 6 nitrogen and oxygen atoms in total. The van der Waals surface area contributed by atoms with Gasteiger partial charge in [0.25, 0.3) is 0 Å². The Kier molecular flexibility index (Phi) is 8.94. The molecule has 0 unspecified atom stereocenters. The van der Waals surface area contributed by atoms with Crippen molar-refractivity contribution >= 4 is 15.7 Å². The first kappa shape index (κ1) is 29.0. The van der Waals surface area contributed by atoms with Crippen molar-refractivity contribution in [2.24, 2.45) is 5.92 Å². The Morgan fingerprint density at radius 1 is 0.974 bits per heavy atom. The molecule has 4 atom stereocenters. The van der Waals surface area contributed by atoms with E-state index in [-0.39, 0.29) is 34.8 Å². The van der Waals surface area contributed by atoms with E-state index in [9.17, 15) is 23.4 Å². The number of aliphatic hydroxyl groups excluding tert-OH is 2. The molecule has 0 saturated heterocycles. The normalized spacial score (nSPS) is 18.8. The van der Waals surface area contributed by atoms with Crippen molar-refractivity contribution in [1.82, 2.24) is 5.32 Å². The SMILES string of the molecule is CC(C)(C)c1ccc(S(=O)(=O)CC[C@@H](O)C[C@@H](Cc2ccccc2)C(=O)N[C@H]2c3ccccc3C[C@H]2O)cc1. The lowest BCUT2D eigenvalue weighted by Gasteiger charge is -2.24. The Balaban J connectivity index is 1.43. The predicted octanol–water partition coefficient (Wildman–Crippen LogP) is 4.53. The van der Waals surface area contributed by atoms with Gasteiger partial charge in [-0.3, -0.25) is 4.79 Å². The standard InChI is InChI=1S/C32H39NO5S/c1-32(2,3)25-13-15-27(16-14-25)39(37,38)18-17-26(34)20-24(19-22-9-5-4-6-10-22)31(36)33-30-28-12-8-7-11-23(28)21-29(30)35/h4-16,24,26,29-30,34-35H,17-21H2,1-3H3,(H,33,36)/t24-,26-,29-,30+/m1/s1. The molecular formula is C32H39NO5S. The molecule has 208 valence electrons. The number of rotatable bonds is 10. The molecule has 0 heterocycles. The summed E-state index contributed by atoms with van der Waals surface area (Å²) in [6.07, 6.45) is -0.686. The molecule has 7 heteroatoms. The first-order valence-electron chi connectivity index (χ1n) is 13.6. The van der Waals surface area contributed by atoms with Crippen LogP contribution in [0.5, 0.6) is 0 Å². The van der Waals surface area contributed by atoms with Crippen molar-refractivity contribution in [3.8, 4) is 0 Å². The molecule has 0 spiro atoms. The highest BCUT2D eigenvalue weighted by Gasteiger charge is 2.34. The van der Waals surface area contributed by atoms with Crippen LogP contribution in [-0.2, 0) is 32.9 Å².